The molecule has 0 aliphatic rings. The minimum absolute atomic E-state index is 0.181. The quantitative estimate of drug-likeness (QED) is 0.619. The van der Waals surface area contributed by atoms with Crippen LogP contribution in [0.3, 0.4) is 0 Å². The van der Waals surface area contributed by atoms with Crippen molar-refractivity contribution in [2.45, 2.75) is 17.1 Å². The van der Waals surface area contributed by atoms with E-state index in [-0.39, 0.29) is 22.9 Å². The SMILES string of the molecule is Cn1c(CC(=O)O)ccc1C(=O)c1cccc(CS(=O)(=O)c2ccccc2)c1. The van der Waals surface area contributed by atoms with Crippen molar-refractivity contribution in [2.75, 3.05) is 0 Å². The Hall–Kier alpha value is -3.19. The van der Waals surface area contributed by atoms with E-state index < -0.39 is 15.8 Å². The summed E-state index contributed by atoms with van der Waals surface area (Å²) in [4.78, 5) is 24.0. The van der Waals surface area contributed by atoms with Crippen LogP contribution in [0.15, 0.2) is 71.6 Å². The largest absolute Gasteiger partial charge is 0.481 e. The molecule has 0 bridgehead atoms. The van der Waals surface area contributed by atoms with Crippen molar-refractivity contribution in [1.82, 2.24) is 4.57 Å². The van der Waals surface area contributed by atoms with Gasteiger partial charge in [-0.1, -0.05) is 36.4 Å². The maximum atomic E-state index is 12.8. The van der Waals surface area contributed by atoms with E-state index in [0.717, 1.165) is 0 Å². The van der Waals surface area contributed by atoms with Crippen LogP contribution in [0.25, 0.3) is 0 Å². The van der Waals surface area contributed by atoms with Crippen LogP contribution in [0, 0.1) is 0 Å². The molecule has 2 aromatic carbocycles. The van der Waals surface area contributed by atoms with Crippen molar-refractivity contribution in [3.63, 3.8) is 0 Å². The lowest BCUT2D eigenvalue weighted by Gasteiger charge is -2.08. The number of carboxylic acid groups (broad SMARTS) is 1. The van der Waals surface area contributed by atoms with Gasteiger partial charge in [0.05, 0.1) is 22.8 Å². The zero-order chi connectivity index (χ0) is 20.3. The molecule has 28 heavy (non-hydrogen) atoms. The van der Waals surface area contributed by atoms with Gasteiger partial charge in [-0.05, 0) is 35.9 Å². The van der Waals surface area contributed by atoms with Crippen LogP contribution in [0.4, 0.5) is 0 Å². The molecular formula is C21H19NO5S. The van der Waals surface area contributed by atoms with E-state index in [2.05, 4.69) is 0 Å². The lowest BCUT2D eigenvalue weighted by Crippen LogP contribution is -2.12. The highest BCUT2D eigenvalue weighted by Gasteiger charge is 2.19. The number of benzene rings is 2. The van der Waals surface area contributed by atoms with Gasteiger partial charge in [0.1, 0.15) is 0 Å². The normalized spacial score (nSPS) is 11.3. The van der Waals surface area contributed by atoms with E-state index in [1.54, 1.807) is 66.2 Å². The van der Waals surface area contributed by atoms with E-state index in [9.17, 15) is 18.0 Å². The first-order valence-corrected chi connectivity index (χ1v) is 10.2. The summed E-state index contributed by atoms with van der Waals surface area (Å²) in [6, 6.07) is 17.8. The molecule has 0 unspecified atom stereocenters. The molecule has 0 saturated heterocycles. The molecule has 1 heterocycles. The summed E-state index contributed by atoms with van der Waals surface area (Å²) < 4.78 is 26.7. The van der Waals surface area contributed by atoms with Gasteiger partial charge in [0, 0.05) is 18.3 Å². The van der Waals surface area contributed by atoms with E-state index in [4.69, 9.17) is 5.11 Å². The Morgan fingerprint density at radius 3 is 2.36 bits per heavy atom. The number of aromatic nitrogens is 1. The Morgan fingerprint density at radius 1 is 0.964 bits per heavy atom. The first kappa shape index (κ1) is 19.6. The molecular weight excluding hydrogens is 378 g/mol. The maximum absolute atomic E-state index is 12.8. The van der Waals surface area contributed by atoms with Crippen LogP contribution < -0.4 is 0 Å². The molecule has 0 aliphatic heterocycles. The van der Waals surface area contributed by atoms with Crippen molar-refractivity contribution in [3.05, 3.63) is 89.2 Å². The summed E-state index contributed by atoms with van der Waals surface area (Å²) in [7, 11) is -1.89. The highest BCUT2D eigenvalue weighted by Crippen LogP contribution is 2.19. The van der Waals surface area contributed by atoms with E-state index in [1.807, 2.05) is 0 Å². The maximum Gasteiger partial charge on any atom is 0.309 e. The number of hydrogen-bond acceptors (Lipinski definition) is 4. The minimum atomic E-state index is -3.52. The van der Waals surface area contributed by atoms with Crippen molar-refractivity contribution in [1.29, 1.82) is 0 Å². The number of sulfone groups is 1. The lowest BCUT2D eigenvalue weighted by molar-refractivity contribution is -0.136. The molecule has 0 fully saturated rings. The van der Waals surface area contributed by atoms with Crippen molar-refractivity contribution in [3.8, 4) is 0 Å². The molecule has 0 spiro atoms. The van der Waals surface area contributed by atoms with Gasteiger partial charge in [0.25, 0.3) is 0 Å². The van der Waals surface area contributed by atoms with Gasteiger partial charge in [-0.25, -0.2) is 8.42 Å². The van der Waals surface area contributed by atoms with Gasteiger partial charge in [-0.15, -0.1) is 0 Å². The molecule has 144 valence electrons. The number of ketones is 1. The molecule has 0 aliphatic carbocycles. The second kappa shape index (κ2) is 7.82. The molecule has 7 heteroatoms. The predicted octanol–water partition coefficient (Wildman–Crippen LogP) is 2.86. The predicted molar refractivity (Wildman–Crippen MR) is 104 cm³/mol. The molecule has 6 nitrogen and oxygen atoms in total. The summed E-state index contributed by atoms with van der Waals surface area (Å²) in [6.45, 7) is 0. The summed E-state index contributed by atoms with van der Waals surface area (Å²) >= 11 is 0. The second-order valence-electron chi connectivity index (χ2n) is 6.44. The minimum Gasteiger partial charge on any atom is -0.481 e. The van der Waals surface area contributed by atoms with Crippen molar-refractivity contribution in [2.24, 2.45) is 7.05 Å². The fraction of sp³-hybridized carbons (Fsp3) is 0.143. The van der Waals surface area contributed by atoms with Gasteiger partial charge >= 0.3 is 5.97 Å². The van der Waals surface area contributed by atoms with Gasteiger partial charge in [-0.3, -0.25) is 9.59 Å². The number of nitrogens with zero attached hydrogens (tertiary/aromatic N) is 1. The standard InChI is InChI=1S/C21H19NO5S/c1-22-17(13-20(23)24)10-11-19(22)21(25)16-7-5-6-15(12-16)14-28(26,27)18-8-3-2-4-9-18/h2-12H,13-14H2,1H3,(H,23,24). The first-order valence-electron chi connectivity index (χ1n) is 8.56. The highest BCUT2D eigenvalue weighted by atomic mass is 32.2. The van der Waals surface area contributed by atoms with Gasteiger partial charge < -0.3 is 9.67 Å². The highest BCUT2D eigenvalue weighted by molar-refractivity contribution is 7.90. The molecule has 3 aromatic rings. The molecule has 0 amide bonds. The van der Waals surface area contributed by atoms with Crippen LogP contribution in [0.5, 0.6) is 0 Å². The van der Waals surface area contributed by atoms with Crippen molar-refractivity contribution < 1.29 is 23.1 Å². The summed E-state index contributed by atoms with van der Waals surface area (Å²) in [5.74, 6) is -1.48. The Morgan fingerprint density at radius 2 is 1.68 bits per heavy atom. The third-order valence-corrected chi connectivity index (χ3v) is 6.14. The molecule has 1 N–H and O–H groups in total. The molecule has 0 radical (unpaired) electrons. The third-order valence-electron chi connectivity index (χ3n) is 4.44. The number of carbonyl (C=O) groups is 2. The van der Waals surface area contributed by atoms with Gasteiger partial charge in [0.2, 0.25) is 5.78 Å². The fourth-order valence-electron chi connectivity index (χ4n) is 2.99. The summed E-state index contributed by atoms with van der Waals surface area (Å²) in [5, 5.41) is 8.94. The third kappa shape index (κ3) is 4.20. The van der Waals surface area contributed by atoms with E-state index >= 15 is 0 Å². The lowest BCUT2D eigenvalue weighted by atomic mass is 10.1. The smallest absolute Gasteiger partial charge is 0.309 e. The zero-order valence-corrected chi connectivity index (χ0v) is 16.0. The number of aliphatic carboxylic acids is 1. The Balaban J connectivity index is 1.87. The average Bonchev–Trinajstić information content (AvgIpc) is 3.01. The van der Waals surface area contributed by atoms with Crippen molar-refractivity contribution >= 4 is 21.6 Å². The molecule has 1 aromatic heterocycles. The molecule has 3 rings (SSSR count). The second-order valence-corrected chi connectivity index (χ2v) is 8.43. The molecule has 0 atom stereocenters. The number of carbonyl (C=O) groups excluding carboxylic acids is 1. The number of carboxylic acids is 1. The molecule has 0 saturated carbocycles. The Labute approximate surface area is 163 Å². The van der Waals surface area contributed by atoms with Gasteiger partial charge in [0.15, 0.2) is 9.84 Å². The van der Waals surface area contributed by atoms with Crippen LogP contribution in [-0.4, -0.2) is 29.8 Å². The summed E-state index contributed by atoms with van der Waals surface area (Å²) in [5.41, 5.74) is 1.72. The topological polar surface area (TPSA) is 93.4 Å². The van der Waals surface area contributed by atoms with E-state index in [1.165, 1.54) is 12.1 Å². The Kier molecular flexibility index (Phi) is 5.46. The van der Waals surface area contributed by atoms with Crippen LogP contribution in [-0.2, 0) is 33.9 Å². The van der Waals surface area contributed by atoms with Crippen LogP contribution >= 0.6 is 0 Å². The fourth-order valence-corrected chi connectivity index (χ4v) is 4.35. The Bertz CT molecular complexity index is 1130. The van der Waals surface area contributed by atoms with Crippen LogP contribution in [0.2, 0.25) is 0 Å². The number of hydrogen-bond donors (Lipinski definition) is 1. The zero-order valence-electron chi connectivity index (χ0n) is 15.2. The van der Waals surface area contributed by atoms with Crippen LogP contribution in [0.1, 0.15) is 27.3 Å². The summed E-state index contributed by atoms with van der Waals surface area (Å²) in [6.07, 6.45) is -0.181. The van der Waals surface area contributed by atoms with E-state index in [0.29, 0.717) is 22.5 Å². The number of rotatable bonds is 7. The monoisotopic (exact) mass is 397 g/mol. The average molecular weight is 397 g/mol. The first-order chi connectivity index (χ1) is 13.3. The van der Waals surface area contributed by atoms with Gasteiger partial charge in [-0.2, -0.15) is 0 Å².